The van der Waals surface area contributed by atoms with Crippen LogP contribution in [-0.4, -0.2) is 48.8 Å². The molecule has 1 aliphatic rings. The van der Waals surface area contributed by atoms with Gasteiger partial charge in [-0.3, -0.25) is 9.78 Å². The molecule has 10 heteroatoms. The molecule has 2 aromatic heterocycles. The monoisotopic (exact) mass is 490 g/mol. The van der Waals surface area contributed by atoms with Gasteiger partial charge in [0.1, 0.15) is 17.4 Å². The van der Waals surface area contributed by atoms with Crippen LogP contribution in [0.4, 0.5) is 33.0 Å². The number of nitrogens with one attached hydrogen (secondary N) is 3. The van der Waals surface area contributed by atoms with Crippen molar-refractivity contribution in [1.82, 2.24) is 9.97 Å². The fourth-order valence-corrected chi connectivity index (χ4v) is 4.46. The lowest BCUT2D eigenvalue weighted by atomic mass is 10.1. The number of hydrogen-bond acceptors (Lipinski definition) is 7. The van der Waals surface area contributed by atoms with E-state index in [4.69, 9.17) is 15.2 Å². The summed E-state index contributed by atoms with van der Waals surface area (Å²) in [6.07, 6.45) is 3.29. The Morgan fingerprint density at radius 3 is 2.83 bits per heavy atom. The summed E-state index contributed by atoms with van der Waals surface area (Å²) in [5.74, 6) is -0.131. The third kappa shape index (κ3) is 4.50. The Labute approximate surface area is 207 Å². The van der Waals surface area contributed by atoms with Gasteiger partial charge in [0.2, 0.25) is 0 Å². The molecule has 1 aliphatic heterocycles. The Bertz CT molecular complexity index is 1420. The number of nitrogens with two attached hydrogens (primary N) is 1. The van der Waals surface area contributed by atoms with Crippen LogP contribution in [0.15, 0.2) is 54.9 Å². The number of halogens is 1. The number of ether oxygens (including phenoxy) is 2. The number of rotatable bonds is 7. The number of nitrogens with zero attached hydrogens (tertiary/aromatic N) is 2. The minimum atomic E-state index is -0.853. The lowest BCUT2D eigenvalue weighted by molar-refractivity contribution is 0.0989. The maximum absolute atomic E-state index is 14.2. The van der Waals surface area contributed by atoms with Gasteiger partial charge in [0.15, 0.2) is 0 Å². The zero-order valence-corrected chi connectivity index (χ0v) is 20.0. The van der Waals surface area contributed by atoms with E-state index in [0.29, 0.717) is 30.5 Å². The number of anilines is 5. The van der Waals surface area contributed by atoms with E-state index in [2.05, 4.69) is 38.5 Å². The fraction of sp³-hybridized carbons (Fsp3) is 0.231. The molecule has 4 aromatic rings. The minimum absolute atomic E-state index is 0.206. The third-order valence-electron chi connectivity index (χ3n) is 6.23. The summed E-state index contributed by atoms with van der Waals surface area (Å²) in [6, 6.07) is 12.5. The number of aromatic amines is 1. The molecule has 0 radical (unpaired) electrons. The predicted octanol–water partition coefficient (Wildman–Crippen LogP) is 4.52. The fourth-order valence-electron chi connectivity index (χ4n) is 4.46. The molecule has 2 aromatic carbocycles. The summed E-state index contributed by atoms with van der Waals surface area (Å²) >= 11 is 0. The Morgan fingerprint density at radius 1 is 1.19 bits per heavy atom. The molecule has 1 fully saturated rings. The number of H-pyrrole nitrogens is 1. The molecule has 0 saturated carbocycles. The van der Waals surface area contributed by atoms with E-state index in [1.165, 1.54) is 12.1 Å². The normalized spacial score (nSPS) is 15.6. The van der Waals surface area contributed by atoms with Crippen molar-refractivity contribution in [1.29, 1.82) is 0 Å². The first kappa shape index (κ1) is 23.4. The van der Waals surface area contributed by atoms with E-state index in [1.54, 1.807) is 25.6 Å². The van der Waals surface area contributed by atoms with Crippen LogP contribution in [0.25, 0.3) is 10.9 Å². The molecule has 0 bridgehead atoms. The van der Waals surface area contributed by atoms with Gasteiger partial charge < -0.3 is 35.7 Å². The summed E-state index contributed by atoms with van der Waals surface area (Å²) < 4.78 is 25.4. The first-order valence-corrected chi connectivity index (χ1v) is 11.6. The molecule has 0 unspecified atom stereocenters. The Balaban J connectivity index is 1.43. The first-order valence-electron chi connectivity index (χ1n) is 11.6. The average molecular weight is 491 g/mol. The van der Waals surface area contributed by atoms with Gasteiger partial charge in [0, 0.05) is 29.7 Å². The molecule has 9 nitrogen and oxygen atoms in total. The Kier molecular flexibility index (Phi) is 6.34. The van der Waals surface area contributed by atoms with Gasteiger partial charge >= 0.3 is 0 Å². The molecule has 1 atom stereocenters. The lowest BCUT2D eigenvalue weighted by Gasteiger charge is -2.35. The van der Waals surface area contributed by atoms with Gasteiger partial charge in [-0.05, 0) is 37.3 Å². The molecule has 3 heterocycles. The molecule has 186 valence electrons. The van der Waals surface area contributed by atoms with Gasteiger partial charge in [0.05, 0.1) is 60.9 Å². The predicted molar refractivity (Wildman–Crippen MR) is 138 cm³/mol. The highest BCUT2D eigenvalue weighted by atomic mass is 19.1. The molecule has 0 spiro atoms. The summed E-state index contributed by atoms with van der Waals surface area (Å²) in [5.41, 5.74) is 8.65. The molecule has 5 rings (SSSR count). The summed E-state index contributed by atoms with van der Waals surface area (Å²) in [4.78, 5) is 21.6. The van der Waals surface area contributed by atoms with E-state index < -0.39 is 11.7 Å². The van der Waals surface area contributed by atoms with Crippen LogP contribution in [0.2, 0.25) is 0 Å². The topological polar surface area (TPSA) is 118 Å². The molecule has 5 N–H and O–H groups in total. The quantitative estimate of drug-likeness (QED) is 0.301. The number of pyridine rings is 1. The number of hydrogen-bond donors (Lipinski definition) is 4. The SMILES string of the molecule is COc1cc(N2CCOC[C@@H]2C)ccc1Nc1cc2c(Nc3cccc(F)c3C(N)=O)cncc2[nH]1. The number of carbonyl (C=O) groups excluding carboxylic acids is 1. The van der Waals surface area contributed by atoms with Crippen molar-refractivity contribution in [2.45, 2.75) is 13.0 Å². The van der Waals surface area contributed by atoms with Crippen LogP contribution in [-0.2, 0) is 4.74 Å². The van der Waals surface area contributed by atoms with Crippen LogP contribution in [0.5, 0.6) is 5.75 Å². The maximum Gasteiger partial charge on any atom is 0.253 e. The number of amides is 1. The van der Waals surface area contributed by atoms with E-state index in [9.17, 15) is 9.18 Å². The van der Waals surface area contributed by atoms with Gasteiger partial charge in [-0.15, -0.1) is 0 Å². The van der Waals surface area contributed by atoms with Crippen LogP contribution < -0.4 is 26.0 Å². The van der Waals surface area contributed by atoms with Crippen molar-refractivity contribution in [3.8, 4) is 5.75 Å². The van der Waals surface area contributed by atoms with Crippen molar-refractivity contribution in [2.75, 3.05) is 42.4 Å². The van der Waals surface area contributed by atoms with E-state index >= 15 is 0 Å². The highest BCUT2D eigenvalue weighted by Crippen LogP contribution is 2.35. The van der Waals surface area contributed by atoms with Crippen molar-refractivity contribution in [3.05, 3.63) is 66.2 Å². The average Bonchev–Trinajstić information content (AvgIpc) is 3.28. The first-order chi connectivity index (χ1) is 17.4. The van der Waals surface area contributed by atoms with Gasteiger partial charge in [0.25, 0.3) is 5.91 Å². The number of methoxy groups -OCH3 is 1. The van der Waals surface area contributed by atoms with Crippen LogP contribution in [0, 0.1) is 5.82 Å². The number of morpholine rings is 1. The number of benzene rings is 2. The highest BCUT2D eigenvalue weighted by molar-refractivity contribution is 6.02. The van der Waals surface area contributed by atoms with Crippen LogP contribution in [0.1, 0.15) is 17.3 Å². The molecule has 1 amide bonds. The van der Waals surface area contributed by atoms with E-state index in [1.807, 2.05) is 18.2 Å². The van der Waals surface area contributed by atoms with Crippen LogP contribution in [0.3, 0.4) is 0 Å². The maximum atomic E-state index is 14.2. The van der Waals surface area contributed by atoms with Gasteiger partial charge in [-0.1, -0.05) is 6.07 Å². The van der Waals surface area contributed by atoms with Crippen molar-refractivity contribution in [2.24, 2.45) is 5.73 Å². The van der Waals surface area contributed by atoms with Gasteiger partial charge in [-0.25, -0.2) is 4.39 Å². The molecular formula is C26H27FN6O3. The Morgan fingerprint density at radius 2 is 2.06 bits per heavy atom. The molecule has 0 aliphatic carbocycles. The number of carbonyl (C=O) groups is 1. The van der Waals surface area contributed by atoms with Gasteiger partial charge in [-0.2, -0.15) is 0 Å². The molecular weight excluding hydrogens is 463 g/mol. The van der Waals surface area contributed by atoms with Crippen molar-refractivity contribution < 1.29 is 18.7 Å². The largest absolute Gasteiger partial charge is 0.494 e. The van der Waals surface area contributed by atoms with E-state index in [0.717, 1.165) is 28.8 Å². The second-order valence-corrected chi connectivity index (χ2v) is 8.61. The minimum Gasteiger partial charge on any atom is -0.494 e. The second kappa shape index (κ2) is 9.74. The number of aromatic nitrogens is 2. The van der Waals surface area contributed by atoms with Crippen molar-refractivity contribution in [3.63, 3.8) is 0 Å². The summed E-state index contributed by atoms with van der Waals surface area (Å²) in [7, 11) is 1.64. The zero-order valence-electron chi connectivity index (χ0n) is 20.0. The Hall–Kier alpha value is -4.31. The second-order valence-electron chi connectivity index (χ2n) is 8.61. The smallest absolute Gasteiger partial charge is 0.253 e. The third-order valence-corrected chi connectivity index (χ3v) is 6.23. The lowest BCUT2D eigenvalue weighted by Crippen LogP contribution is -2.43. The summed E-state index contributed by atoms with van der Waals surface area (Å²) in [5, 5.41) is 7.26. The molecule has 1 saturated heterocycles. The summed E-state index contributed by atoms with van der Waals surface area (Å²) in [6.45, 7) is 4.35. The number of fused-ring (bicyclic) bond motifs is 1. The van der Waals surface area contributed by atoms with E-state index in [-0.39, 0.29) is 17.3 Å². The number of primary amides is 1. The zero-order chi connectivity index (χ0) is 25.2. The highest BCUT2D eigenvalue weighted by Gasteiger charge is 2.21. The van der Waals surface area contributed by atoms with Crippen molar-refractivity contribution >= 4 is 45.4 Å². The standard InChI is InChI=1S/C26H27FN6O3/c1-15-14-36-9-8-33(15)16-6-7-19(23(10-16)35-2)31-24-11-17-21(12-29-13-22(17)32-24)30-20-5-3-4-18(27)25(20)26(28)34/h3-7,10-13,15,30-32H,8-9,14H2,1-2H3,(H2,28,34)/t15-/m0/s1. The van der Waals surface area contributed by atoms with Crippen LogP contribution >= 0.6 is 0 Å². The molecule has 36 heavy (non-hydrogen) atoms.